The van der Waals surface area contributed by atoms with Crippen LogP contribution in [0.2, 0.25) is 5.15 Å². The number of nitrogens with two attached hydrogens (primary N) is 1. The number of rotatable bonds is 2. The van der Waals surface area contributed by atoms with Crippen LogP contribution in [0.25, 0.3) is 10.8 Å². The third kappa shape index (κ3) is 2.34. The Balaban J connectivity index is 1.87. The first-order valence-corrected chi connectivity index (χ1v) is 6.61. The maximum Gasteiger partial charge on any atom is 0.136 e. The van der Waals surface area contributed by atoms with E-state index in [0.717, 1.165) is 36.8 Å². The van der Waals surface area contributed by atoms with Crippen molar-refractivity contribution in [3.05, 3.63) is 41.2 Å². The fourth-order valence-corrected chi connectivity index (χ4v) is 2.76. The summed E-state index contributed by atoms with van der Waals surface area (Å²) < 4.78 is 0. The molecular formula is C14H16ClN3. The van der Waals surface area contributed by atoms with Crippen LogP contribution in [0.4, 0.5) is 0 Å². The molecule has 3 rings (SSSR count). The number of halogens is 1. The summed E-state index contributed by atoms with van der Waals surface area (Å²) in [6.07, 6.45) is 2.83. The fraction of sp³-hybridized carbons (Fsp3) is 0.357. The minimum absolute atomic E-state index is 0.329. The van der Waals surface area contributed by atoms with Crippen molar-refractivity contribution in [3.8, 4) is 0 Å². The second-order valence-corrected chi connectivity index (χ2v) is 5.30. The third-order valence-electron chi connectivity index (χ3n) is 3.50. The molecule has 0 amide bonds. The summed E-state index contributed by atoms with van der Waals surface area (Å²) in [6, 6.07) is 8.71. The van der Waals surface area contributed by atoms with E-state index in [9.17, 15) is 0 Å². The highest BCUT2D eigenvalue weighted by atomic mass is 35.5. The molecule has 0 spiro atoms. The lowest BCUT2D eigenvalue weighted by molar-refractivity contribution is 0.327. The lowest BCUT2D eigenvalue weighted by Gasteiger charge is -2.15. The van der Waals surface area contributed by atoms with Crippen LogP contribution in [-0.4, -0.2) is 29.0 Å². The standard InChI is InChI=1S/C14H16ClN3/c15-14-13-7-10(1-2-11(13)3-5-17-14)8-18-6-4-12(16)9-18/h1-3,5,7,12H,4,6,8-9,16H2/t12-/m0/s1. The molecule has 1 aromatic carbocycles. The SMILES string of the molecule is N[C@H]1CCN(Cc2ccc3ccnc(Cl)c3c2)C1. The molecule has 0 unspecified atom stereocenters. The van der Waals surface area contributed by atoms with Crippen molar-refractivity contribution in [1.82, 2.24) is 9.88 Å². The van der Waals surface area contributed by atoms with Gasteiger partial charge in [0.2, 0.25) is 0 Å². The van der Waals surface area contributed by atoms with Crippen LogP contribution in [0.3, 0.4) is 0 Å². The van der Waals surface area contributed by atoms with E-state index in [-0.39, 0.29) is 0 Å². The summed E-state index contributed by atoms with van der Waals surface area (Å²) in [5.41, 5.74) is 7.19. The Morgan fingerprint density at radius 2 is 2.28 bits per heavy atom. The first-order valence-electron chi connectivity index (χ1n) is 6.23. The molecule has 0 saturated carbocycles. The Morgan fingerprint density at radius 3 is 3.06 bits per heavy atom. The van der Waals surface area contributed by atoms with Gasteiger partial charge in [-0.2, -0.15) is 0 Å². The summed E-state index contributed by atoms with van der Waals surface area (Å²) in [5, 5.41) is 2.74. The van der Waals surface area contributed by atoms with Crippen LogP contribution in [0, 0.1) is 0 Å². The first-order chi connectivity index (χ1) is 8.72. The average Bonchev–Trinajstić information content (AvgIpc) is 2.76. The van der Waals surface area contributed by atoms with Crippen molar-refractivity contribution in [3.63, 3.8) is 0 Å². The van der Waals surface area contributed by atoms with Crippen molar-refractivity contribution >= 4 is 22.4 Å². The van der Waals surface area contributed by atoms with Crippen LogP contribution in [0.5, 0.6) is 0 Å². The molecule has 2 aromatic rings. The smallest absolute Gasteiger partial charge is 0.136 e. The monoisotopic (exact) mass is 261 g/mol. The third-order valence-corrected chi connectivity index (χ3v) is 3.80. The van der Waals surface area contributed by atoms with Gasteiger partial charge in [-0.25, -0.2) is 4.98 Å². The zero-order valence-corrected chi connectivity index (χ0v) is 10.9. The van der Waals surface area contributed by atoms with E-state index in [1.807, 2.05) is 6.07 Å². The number of likely N-dealkylation sites (tertiary alicyclic amines) is 1. The largest absolute Gasteiger partial charge is 0.326 e. The molecule has 94 valence electrons. The highest BCUT2D eigenvalue weighted by Gasteiger charge is 2.18. The Hall–Kier alpha value is -1.16. The Kier molecular flexibility index (Phi) is 3.20. The molecule has 1 fully saturated rings. The second kappa shape index (κ2) is 4.84. The number of aromatic nitrogens is 1. The number of nitrogens with zero attached hydrogens (tertiary/aromatic N) is 2. The highest BCUT2D eigenvalue weighted by Crippen LogP contribution is 2.23. The van der Waals surface area contributed by atoms with Gasteiger partial charge < -0.3 is 5.73 Å². The normalized spacial score (nSPS) is 20.7. The molecule has 1 saturated heterocycles. The van der Waals surface area contributed by atoms with Crippen LogP contribution >= 0.6 is 11.6 Å². The van der Waals surface area contributed by atoms with Gasteiger partial charge >= 0.3 is 0 Å². The van der Waals surface area contributed by atoms with Gasteiger partial charge in [-0.3, -0.25) is 4.90 Å². The van der Waals surface area contributed by atoms with Gasteiger partial charge in [0.05, 0.1) is 0 Å². The van der Waals surface area contributed by atoms with Gasteiger partial charge in [0.15, 0.2) is 0 Å². The molecule has 4 heteroatoms. The maximum atomic E-state index is 6.12. The van der Waals surface area contributed by atoms with E-state index in [2.05, 4.69) is 28.1 Å². The predicted octanol–water partition coefficient (Wildman–Crippen LogP) is 2.42. The van der Waals surface area contributed by atoms with Gasteiger partial charge in [0, 0.05) is 37.3 Å². The number of benzene rings is 1. The van der Waals surface area contributed by atoms with E-state index in [4.69, 9.17) is 17.3 Å². The zero-order valence-electron chi connectivity index (χ0n) is 10.1. The molecule has 2 N–H and O–H groups in total. The van der Waals surface area contributed by atoms with Crippen LogP contribution in [-0.2, 0) is 6.54 Å². The number of hydrogen-bond acceptors (Lipinski definition) is 3. The Labute approximate surface area is 112 Å². The van der Waals surface area contributed by atoms with Gasteiger partial charge in [-0.1, -0.05) is 23.7 Å². The lowest BCUT2D eigenvalue weighted by atomic mass is 10.1. The van der Waals surface area contributed by atoms with E-state index in [1.54, 1.807) is 6.20 Å². The molecule has 3 nitrogen and oxygen atoms in total. The summed E-state index contributed by atoms with van der Waals surface area (Å²) in [7, 11) is 0. The second-order valence-electron chi connectivity index (χ2n) is 4.94. The summed E-state index contributed by atoms with van der Waals surface area (Å²) in [4.78, 5) is 6.51. The fourth-order valence-electron chi connectivity index (χ4n) is 2.54. The van der Waals surface area contributed by atoms with E-state index < -0.39 is 0 Å². The van der Waals surface area contributed by atoms with Crippen molar-refractivity contribution < 1.29 is 0 Å². The number of fused-ring (bicyclic) bond motifs is 1. The van der Waals surface area contributed by atoms with Crippen molar-refractivity contribution in [2.75, 3.05) is 13.1 Å². The molecule has 0 radical (unpaired) electrons. The Morgan fingerprint density at radius 1 is 1.39 bits per heavy atom. The maximum absolute atomic E-state index is 6.12. The molecule has 1 aliphatic rings. The van der Waals surface area contributed by atoms with Crippen molar-refractivity contribution in [2.45, 2.75) is 19.0 Å². The average molecular weight is 262 g/mol. The summed E-state index contributed by atoms with van der Waals surface area (Å²) >= 11 is 6.12. The molecule has 2 heterocycles. The number of hydrogen-bond donors (Lipinski definition) is 1. The zero-order chi connectivity index (χ0) is 12.5. The quantitative estimate of drug-likeness (QED) is 0.845. The topological polar surface area (TPSA) is 42.1 Å². The predicted molar refractivity (Wildman–Crippen MR) is 74.6 cm³/mol. The van der Waals surface area contributed by atoms with E-state index in [0.29, 0.717) is 11.2 Å². The lowest BCUT2D eigenvalue weighted by Crippen LogP contribution is -2.26. The minimum atomic E-state index is 0.329. The molecule has 0 aliphatic carbocycles. The number of pyridine rings is 1. The Bertz CT molecular complexity index is 570. The van der Waals surface area contributed by atoms with Gasteiger partial charge in [-0.05, 0) is 29.5 Å². The van der Waals surface area contributed by atoms with Gasteiger partial charge in [-0.15, -0.1) is 0 Å². The molecule has 1 aromatic heterocycles. The molecule has 18 heavy (non-hydrogen) atoms. The van der Waals surface area contributed by atoms with Gasteiger partial charge in [0.25, 0.3) is 0 Å². The summed E-state index contributed by atoms with van der Waals surface area (Å²) in [6.45, 7) is 3.01. The van der Waals surface area contributed by atoms with Crippen LogP contribution < -0.4 is 5.73 Å². The first kappa shape index (κ1) is 11.9. The van der Waals surface area contributed by atoms with Crippen molar-refractivity contribution in [2.24, 2.45) is 5.73 Å². The van der Waals surface area contributed by atoms with Crippen molar-refractivity contribution in [1.29, 1.82) is 0 Å². The van der Waals surface area contributed by atoms with E-state index in [1.165, 1.54) is 5.56 Å². The van der Waals surface area contributed by atoms with Gasteiger partial charge in [0.1, 0.15) is 5.15 Å². The van der Waals surface area contributed by atoms with Crippen LogP contribution in [0.1, 0.15) is 12.0 Å². The highest BCUT2D eigenvalue weighted by molar-refractivity contribution is 6.34. The minimum Gasteiger partial charge on any atom is -0.326 e. The van der Waals surface area contributed by atoms with Crippen LogP contribution in [0.15, 0.2) is 30.5 Å². The molecule has 1 aliphatic heterocycles. The molecule has 0 bridgehead atoms. The molecular weight excluding hydrogens is 246 g/mol. The van der Waals surface area contributed by atoms with E-state index >= 15 is 0 Å². The molecule has 1 atom stereocenters. The summed E-state index contributed by atoms with van der Waals surface area (Å²) in [5.74, 6) is 0.